The molecule has 1 fully saturated rings. The second-order valence-electron chi connectivity index (χ2n) is 4.17. The van der Waals surface area contributed by atoms with Crippen LogP contribution in [0.15, 0.2) is 11.6 Å². The van der Waals surface area contributed by atoms with Crippen molar-refractivity contribution in [3.05, 3.63) is 16.6 Å². The summed E-state index contributed by atoms with van der Waals surface area (Å²) in [6.45, 7) is 3.36. The van der Waals surface area contributed by atoms with E-state index in [1.54, 1.807) is 11.3 Å². The van der Waals surface area contributed by atoms with E-state index in [0.717, 1.165) is 18.2 Å². The van der Waals surface area contributed by atoms with Crippen LogP contribution in [0.5, 0.6) is 0 Å². The van der Waals surface area contributed by atoms with E-state index in [2.05, 4.69) is 46.1 Å². The Bertz CT molecular complexity index is 297. The minimum atomic E-state index is 0.596. The molecule has 0 amide bonds. The van der Waals surface area contributed by atoms with Gasteiger partial charge in [-0.25, -0.2) is 4.98 Å². The summed E-state index contributed by atoms with van der Waals surface area (Å²) < 4.78 is 0. The molecule has 1 aromatic rings. The van der Waals surface area contributed by atoms with Crippen molar-refractivity contribution in [2.24, 2.45) is 0 Å². The Kier molecular flexibility index (Phi) is 6.18. The third kappa shape index (κ3) is 4.47. The van der Waals surface area contributed by atoms with Crippen LogP contribution in [0.2, 0.25) is 0 Å². The summed E-state index contributed by atoms with van der Waals surface area (Å²) >= 11 is 6.02. The van der Waals surface area contributed by atoms with Crippen LogP contribution < -0.4 is 5.32 Å². The second kappa shape index (κ2) is 7.67. The van der Waals surface area contributed by atoms with Crippen molar-refractivity contribution in [2.45, 2.75) is 31.1 Å². The minimum Gasteiger partial charge on any atom is -0.312 e. The first-order chi connectivity index (χ1) is 8.40. The lowest BCUT2D eigenvalue weighted by molar-refractivity contribution is 0.505. The van der Waals surface area contributed by atoms with Crippen LogP contribution in [0.4, 0.5) is 0 Å². The molecule has 0 spiro atoms. The lowest BCUT2D eigenvalue weighted by Gasteiger charge is -2.29. The van der Waals surface area contributed by atoms with Gasteiger partial charge in [0.2, 0.25) is 0 Å². The zero-order valence-electron chi connectivity index (χ0n) is 10.2. The van der Waals surface area contributed by atoms with Crippen molar-refractivity contribution in [3.63, 3.8) is 0 Å². The fourth-order valence-electron chi connectivity index (χ4n) is 1.95. The Morgan fingerprint density at radius 2 is 2.47 bits per heavy atom. The van der Waals surface area contributed by atoms with Crippen molar-refractivity contribution in [3.8, 4) is 0 Å². The standard InChI is InChI=1S/C12H20N2S3/c1-2-3-13-10(8-12-14-4-5-17-12)11-9-15-6-7-16-11/h4-5,10-11,13H,2-3,6-9H2,1H3. The summed E-state index contributed by atoms with van der Waals surface area (Å²) in [7, 11) is 0. The molecule has 1 aliphatic rings. The average molecular weight is 289 g/mol. The highest BCUT2D eigenvalue weighted by Crippen LogP contribution is 2.28. The van der Waals surface area contributed by atoms with Gasteiger partial charge < -0.3 is 5.32 Å². The molecule has 1 N–H and O–H groups in total. The molecule has 2 nitrogen and oxygen atoms in total. The van der Waals surface area contributed by atoms with Gasteiger partial charge in [-0.15, -0.1) is 11.3 Å². The maximum Gasteiger partial charge on any atom is 0.0940 e. The third-order valence-corrected chi connectivity index (χ3v) is 6.55. The highest BCUT2D eigenvalue weighted by Gasteiger charge is 2.24. The number of thiazole rings is 1. The summed E-state index contributed by atoms with van der Waals surface area (Å²) in [6, 6.07) is 0.596. The maximum absolute atomic E-state index is 4.42. The molecule has 17 heavy (non-hydrogen) atoms. The first-order valence-corrected chi connectivity index (χ1v) is 9.29. The predicted octanol–water partition coefficient (Wildman–Crippen LogP) is 2.90. The smallest absolute Gasteiger partial charge is 0.0940 e. The molecule has 1 aromatic heterocycles. The molecule has 2 unspecified atom stereocenters. The molecule has 0 bridgehead atoms. The minimum absolute atomic E-state index is 0.596. The first-order valence-electron chi connectivity index (χ1n) is 6.21. The fourth-order valence-corrected chi connectivity index (χ4v) is 5.51. The molecule has 0 saturated carbocycles. The molecule has 1 saturated heterocycles. The number of nitrogens with zero attached hydrogens (tertiary/aromatic N) is 1. The highest BCUT2D eigenvalue weighted by atomic mass is 32.2. The van der Waals surface area contributed by atoms with Gasteiger partial charge >= 0.3 is 0 Å². The average Bonchev–Trinajstić information content (AvgIpc) is 2.88. The number of hydrogen-bond donors (Lipinski definition) is 1. The van der Waals surface area contributed by atoms with Crippen molar-refractivity contribution in [1.82, 2.24) is 10.3 Å². The summed E-state index contributed by atoms with van der Waals surface area (Å²) in [5.41, 5.74) is 0. The summed E-state index contributed by atoms with van der Waals surface area (Å²) in [5.74, 6) is 3.91. The van der Waals surface area contributed by atoms with Crippen LogP contribution in [0.3, 0.4) is 0 Å². The van der Waals surface area contributed by atoms with E-state index in [0.29, 0.717) is 6.04 Å². The molecular weight excluding hydrogens is 268 g/mol. The third-order valence-electron chi connectivity index (χ3n) is 2.83. The SMILES string of the molecule is CCCNC(Cc1nccs1)C1CSCCS1. The van der Waals surface area contributed by atoms with Crippen LogP contribution >= 0.6 is 34.9 Å². The molecule has 0 aromatic carbocycles. The lowest BCUT2D eigenvalue weighted by Crippen LogP contribution is -2.43. The van der Waals surface area contributed by atoms with Crippen LogP contribution in [-0.2, 0) is 6.42 Å². The Morgan fingerprint density at radius 1 is 1.53 bits per heavy atom. The van der Waals surface area contributed by atoms with Crippen LogP contribution in [0.1, 0.15) is 18.4 Å². The van der Waals surface area contributed by atoms with Gasteiger partial charge in [0.15, 0.2) is 0 Å². The summed E-state index contributed by atoms with van der Waals surface area (Å²) in [4.78, 5) is 4.42. The molecule has 2 rings (SSSR count). The van der Waals surface area contributed by atoms with Crippen LogP contribution in [0.25, 0.3) is 0 Å². The zero-order valence-corrected chi connectivity index (χ0v) is 12.7. The Balaban J connectivity index is 1.91. The van der Waals surface area contributed by atoms with Gasteiger partial charge in [0, 0.05) is 46.5 Å². The molecule has 5 heteroatoms. The van der Waals surface area contributed by atoms with Crippen LogP contribution in [-0.4, -0.2) is 40.1 Å². The van der Waals surface area contributed by atoms with Gasteiger partial charge in [0.25, 0.3) is 0 Å². The summed E-state index contributed by atoms with van der Waals surface area (Å²) in [6.07, 6.45) is 4.22. The van der Waals surface area contributed by atoms with Crippen molar-refractivity contribution in [2.75, 3.05) is 23.8 Å². The molecule has 1 aliphatic heterocycles. The van der Waals surface area contributed by atoms with E-state index in [1.807, 2.05) is 6.20 Å². The van der Waals surface area contributed by atoms with E-state index in [1.165, 1.54) is 28.7 Å². The van der Waals surface area contributed by atoms with Crippen LogP contribution in [0, 0.1) is 0 Å². The van der Waals surface area contributed by atoms with E-state index in [9.17, 15) is 0 Å². The first kappa shape index (κ1) is 13.7. The van der Waals surface area contributed by atoms with Gasteiger partial charge in [0.1, 0.15) is 0 Å². The Labute approximate surface area is 116 Å². The van der Waals surface area contributed by atoms with Gasteiger partial charge in [-0.2, -0.15) is 23.5 Å². The summed E-state index contributed by atoms with van der Waals surface area (Å²) in [5, 5.41) is 7.82. The highest BCUT2D eigenvalue weighted by molar-refractivity contribution is 8.06. The predicted molar refractivity (Wildman–Crippen MR) is 81.5 cm³/mol. The Hall–Kier alpha value is 0.290. The topological polar surface area (TPSA) is 24.9 Å². The number of thioether (sulfide) groups is 2. The lowest BCUT2D eigenvalue weighted by atomic mass is 10.1. The molecule has 0 aliphatic carbocycles. The van der Waals surface area contributed by atoms with E-state index < -0.39 is 0 Å². The quantitative estimate of drug-likeness (QED) is 0.870. The molecule has 0 radical (unpaired) electrons. The second-order valence-corrected chi connectivity index (χ2v) is 7.65. The van der Waals surface area contributed by atoms with Crippen molar-refractivity contribution >= 4 is 34.9 Å². The largest absolute Gasteiger partial charge is 0.312 e. The van der Waals surface area contributed by atoms with Crippen molar-refractivity contribution in [1.29, 1.82) is 0 Å². The molecule has 96 valence electrons. The number of aromatic nitrogens is 1. The van der Waals surface area contributed by atoms with Crippen molar-refractivity contribution < 1.29 is 0 Å². The van der Waals surface area contributed by atoms with E-state index in [4.69, 9.17) is 0 Å². The van der Waals surface area contributed by atoms with Gasteiger partial charge in [-0.3, -0.25) is 0 Å². The monoisotopic (exact) mass is 288 g/mol. The molecular formula is C12H20N2S3. The zero-order chi connectivity index (χ0) is 11.9. The Morgan fingerprint density at radius 3 is 3.12 bits per heavy atom. The van der Waals surface area contributed by atoms with Gasteiger partial charge in [-0.1, -0.05) is 6.92 Å². The maximum atomic E-state index is 4.42. The normalized spacial score (nSPS) is 22.5. The number of nitrogens with one attached hydrogen (secondary N) is 1. The van der Waals surface area contributed by atoms with Gasteiger partial charge in [-0.05, 0) is 13.0 Å². The van der Waals surface area contributed by atoms with Gasteiger partial charge in [0.05, 0.1) is 5.01 Å². The van der Waals surface area contributed by atoms with E-state index in [-0.39, 0.29) is 0 Å². The number of rotatable bonds is 6. The fraction of sp³-hybridized carbons (Fsp3) is 0.750. The van der Waals surface area contributed by atoms with E-state index >= 15 is 0 Å². The number of hydrogen-bond acceptors (Lipinski definition) is 5. The molecule has 2 heterocycles. The molecule has 2 atom stereocenters.